The molecule has 1 amide bonds. The van der Waals surface area contributed by atoms with E-state index in [2.05, 4.69) is 17.2 Å². The molecule has 0 aliphatic carbocycles. The smallest absolute Gasteiger partial charge is 0.242 e. The molecular formula is C12H19N3O. The maximum Gasteiger partial charge on any atom is 0.242 e. The van der Waals surface area contributed by atoms with E-state index in [0.717, 1.165) is 18.4 Å². The Hall–Kier alpha value is -1.42. The summed E-state index contributed by atoms with van der Waals surface area (Å²) in [5.74, 6) is 0.440. The van der Waals surface area contributed by atoms with Gasteiger partial charge in [0.05, 0.1) is 6.04 Å². The Morgan fingerprint density at radius 2 is 2.38 bits per heavy atom. The summed E-state index contributed by atoms with van der Waals surface area (Å²) in [5, 5.41) is 2.74. The predicted octanol–water partition coefficient (Wildman–Crippen LogP) is 1.85. The van der Waals surface area contributed by atoms with Gasteiger partial charge in [0.2, 0.25) is 5.91 Å². The van der Waals surface area contributed by atoms with E-state index in [-0.39, 0.29) is 5.91 Å². The van der Waals surface area contributed by atoms with E-state index in [4.69, 9.17) is 5.73 Å². The van der Waals surface area contributed by atoms with Crippen LogP contribution in [-0.2, 0) is 4.79 Å². The van der Waals surface area contributed by atoms with Gasteiger partial charge in [-0.25, -0.2) is 4.98 Å². The zero-order valence-electron chi connectivity index (χ0n) is 9.86. The molecule has 1 aromatic rings. The van der Waals surface area contributed by atoms with E-state index in [0.29, 0.717) is 12.2 Å². The quantitative estimate of drug-likeness (QED) is 0.797. The lowest BCUT2D eigenvalue weighted by atomic mass is 10.1. The summed E-state index contributed by atoms with van der Waals surface area (Å²) in [6, 6.07) is 3.30. The zero-order valence-corrected chi connectivity index (χ0v) is 9.86. The fraction of sp³-hybridized carbons (Fsp3) is 0.500. The molecule has 0 aromatic carbocycles. The molecule has 0 saturated carbocycles. The lowest BCUT2D eigenvalue weighted by Crippen LogP contribution is -2.35. The molecule has 1 atom stereocenters. The van der Waals surface area contributed by atoms with Gasteiger partial charge in [-0.05, 0) is 25.0 Å². The van der Waals surface area contributed by atoms with Crippen molar-refractivity contribution in [2.75, 3.05) is 5.32 Å². The number of aryl methyl sites for hydroxylation is 1. The van der Waals surface area contributed by atoms with E-state index in [1.807, 2.05) is 19.1 Å². The van der Waals surface area contributed by atoms with Gasteiger partial charge >= 0.3 is 0 Å². The first-order valence-corrected chi connectivity index (χ1v) is 5.63. The third-order valence-electron chi connectivity index (χ3n) is 2.46. The number of rotatable bonds is 5. The molecule has 0 saturated heterocycles. The van der Waals surface area contributed by atoms with Crippen molar-refractivity contribution in [3.63, 3.8) is 0 Å². The van der Waals surface area contributed by atoms with Crippen molar-refractivity contribution in [2.45, 2.75) is 39.2 Å². The molecular weight excluding hydrogens is 202 g/mol. The molecule has 0 aliphatic heterocycles. The third-order valence-corrected chi connectivity index (χ3v) is 2.46. The number of nitrogens with two attached hydrogens (primary N) is 1. The molecule has 0 spiro atoms. The van der Waals surface area contributed by atoms with Crippen molar-refractivity contribution in [3.05, 3.63) is 23.9 Å². The summed E-state index contributed by atoms with van der Waals surface area (Å²) in [6.45, 7) is 3.98. The number of carbonyl (C=O) groups excluding carboxylic acids is 1. The van der Waals surface area contributed by atoms with E-state index >= 15 is 0 Å². The van der Waals surface area contributed by atoms with Crippen molar-refractivity contribution in [2.24, 2.45) is 5.73 Å². The molecule has 0 aliphatic rings. The van der Waals surface area contributed by atoms with Crippen molar-refractivity contribution >= 4 is 11.7 Å². The Bertz CT molecular complexity index is 352. The summed E-state index contributed by atoms with van der Waals surface area (Å²) in [4.78, 5) is 15.8. The van der Waals surface area contributed by atoms with Gasteiger partial charge in [0.15, 0.2) is 0 Å². The summed E-state index contributed by atoms with van der Waals surface area (Å²) >= 11 is 0. The number of anilines is 1. The largest absolute Gasteiger partial charge is 0.320 e. The number of carbonyl (C=O) groups is 1. The van der Waals surface area contributed by atoms with Crippen LogP contribution in [0.15, 0.2) is 18.3 Å². The molecule has 1 heterocycles. The zero-order chi connectivity index (χ0) is 12.0. The van der Waals surface area contributed by atoms with Crippen LogP contribution in [0.3, 0.4) is 0 Å². The SMILES string of the molecule is CCCC[C@H](N)C(=O)Nc1ncccc1C. The highest BCUT2D eigenvalue weighted by Gasteiger charge is 2.13. The minimum absolute atomic E-state index is 0.157. The Morgan fingerprint density at radius 3 is 3.00 bits per heavy atom. The molecule has 0 fully saturated rings. The Morgan fingerprint density at radius 1 is 1.62 bits per heavy atom. The van der Waals surface area contributed by atoms with Crippen molar-refractivity contribution in [3.8, 4) is 0 Å². The number of hydrogen-bond donors (Lipinski definition) is 2. The first kappa shape index (κ1) is 12.6. The number of pyridine rings is 1. The number of nitrogens with zero attached hydrogens (tertiary/aromatic N) is 1. The van der Waals surface area contributed by atoms with Crippen LogP contribution >= 0.6 is 0 Å². The van der Waals surface area contributed by atoms with Crippen molar-refractivity contribution < 1.29 is 4.79 Å². The standard InChI is InChI=1S/C12H19N3O/c1-3-4-7-10(13)12(16)15-11-9(2)6-5-8-14-11/h5-6,8,10H,3-4,7,13H2,1-2H3,(H,14,15,16)/t10-/m0/s1. The second-order valence-corrected chi connectivity index (χ2v) is 3.91. The molecule has 4 nitrogen and oxygen atoms in total. The van der Waals surface area contributed by atoms with Crippen molar-refractivity contribution in [1.29, 1.82) is 0 Å². The van der Waals surface area contributed by atoms with Crippen LogP contribution < -0.4 is 11.1 Å². The Balaban J connectivity index is 2.54. The number of hydrogen-bond acceptors (Lipinski definition) is 3. The van der Waals surface area contributed by atoms with Gasteiger partial charge in [0.25, 0.3) is 0 Å². The van der Waals surface area contributed by atoms with Gasteiger partial charge in [0.1, 0.15) is 5.82 Å². The van der Waals surface area contributed by atoms with Crippen LogP contribution in [0.5, 0.6) is 0 Å². The van der Waals surface area contributed by atoms with Crippen LogP contribution in [-0.4, -0.2) is 16.9 Å². The normalized spacial score (nSPS) is 12.2. The highest BCUT2D eigenvalue weighted by molar-refractivity contribution is 5.94. The average Bonchev–Trinajstić information content (AvgIpc) is 2.28. The molecule has 16 heavy (non-hydrogen) atoms. The first-order chi connectivity index (χ1) is 7.65. The summed E-state index contributed by atoms with van der Waals surface area (Å²) in [5.41, 5.74) is 6.70. The third kappa shape index (κ3) is 3.62. The van der Waals surface area contributed by atoms with Crippen molar-refractivity contribution in [1.82, 2.24) is 4.98 Å². The fourth-order valence-corrected chi connectivity index (χ4v) is 1.38. The number of aromatic nitrogens is 1. The van der Waals surface area contributed by atoms with Crippen LogP contribution in [0.2, 0.25) is 0 Å². The van der Waals surface area contributed by atoms with Crippen LogP contribution in [0.1, 0.15) is 31.7 Å². The monoisotopic (exact) mass is 221 g/mol. The van der Waals surface area contributed by atoms with E-state index < -0.39 is 6.04 Å². The highest BCUT2D eigenvalue weighted by Crippen LogP contribution is 2.10. The first-order valence-electron chi connectivity index (χ1n) is 5.63. The number of unbranched alkanes of at least 4 members (excludes halogenated alkanes) is 1. The van der Waals surface area contributed by atoms with Gasteiger partial charge in [-0.3, -0.25) is 4.79 Å². The molecule has 1 aromatic heterocycles. The molecule has 88 valence electrons. The summed E-state index contributed by atoms with van der Waals surface area (Å²) in [6.07, 6.45) is 4.38. The molecule has 3 N–H and O–H groups in total. The minimum atomic E-state index is -0.443. The second-order valence-electron chi connectivity index (χ2n) is 3.91. The second kappa shape index (κ2) is 6.23. The summed E-state index contributed by atoms with van der Waals surface area (Å²) < 4.78 is 0. The van der Waals surface area contributed by atoms with Crippen LogP contribution in [0.4, 0.5) is 5.82 Å². The Labute approximate surface area is 96.3 Å². The molecule has 1 rings (SSSR count). The minimum Gasteiger partial charge on any atom is -0.320 e. The lowest BCUT2D eigenvalue weighted by Gasteiger charge is -2.12. The number of nitrogens with one attached hydrogen (secondary N) is 1. The van der Waals surface area contributed by atoms with Gasteiger partial charge in [-0.1, -0.05) is 25.8 Å². The van der Waals surface area contributed by atoms with Gasteiger partial charge in [-0.15, -0.1) is 0 Å². The lowest BCUT2D eigenvalue weighted by molar-refractivity contribution is -0.117. The topological polar surface area (TPSA) is 68.0 Å². The van der Waals surface area contributed by atoms with Crippen LogP contribution in [0, 0.1) is 6.92 Å². The Kier molecular flexibility index (Phi) is 4.92. The fourth-order valence-electron chi connectivity index (χ4n) is 1.38. The van der Waals surface area contributed by atoms with E-state index in [9.17, 15) is 4.79 Å². The molecule has 0 unspecified atom stereocenters. The van der Waals surface area contributed by atoms with Crippen LogP contribution in [0.25, 0.3) is 0 Å². The predicted molar refractivity (Wildman–Crippen MR) is 65.1 cm³/mol. The maximum atomic E-state index is 11.7. The van der Waals surface area contributed by atoms with Gasteiger partial charge < -0.3 is 11.1 Å². The van der Waals surface area contributed by atoms with Gasteiger partial charge in [-0.2, -0.15) is 0 Å². The van der Waals surface area contributed by atoms with E-state index in [1.54, 1.807) is 6.20 Å². The maximum absolute atomic E-state index is 11.7. The average molecular weight is 221 g/mol. The van der Waals surface area contributed by atoms with Gasteiger partial charge in [0, 0.05) is 6.20 Å². The summed E-state index contributed by atoms with van der Waals surface area (Å²) in [7, 11) is 0. The molecule has 0 radical (unpaired) electrons. The molecule has 0 bridgehead atoms. The number of amides is 1. The highest BCUT2D eigenvalue weighted by atomic mass is 16.2. The molecule has 4 heteroatoms. The van der Waals surface area contributed by atoms with E-state index in [1.165, 1.54) is 0 Å².